The number of benzene rings is 2. The van der Waals surface area contributed by atoms with E-state index in [2.05, 4.69) is 0 Å². The van der Waals surface area contributed by atoms with Crippen molar-refractivity contribution in [3.8, 4) is 0 Å². The first-order chi connectivity index (χ1) is 24.6. The van der Waals surface area contributed by atoms with E-state index in [-0.39, 0.29) is 39.0 Å². The second kappa shape index (κ2) is 20.2. The molecule has 3 N–H and O–H groups in total. The van der Waals surface area contributed by atoms with Gasteiger partial charge in [-0.05, 0) is 53.7 Å². The van der Waals surface area contributed by atoms with E-state index in [0.29, 0.717) is 0 Å². The highest BCUT2D eigenvalue weighted by Gasteiger charge is 2.33. The predicted octanol–water partition coefficient (Wildman–Crippen LogP) is 3.94. The number of sulfonamides is 2. The molecular weight excluding hydrogens is 781 g/mol. The molecule has 0 aliphatic heterocycles. The molecule has 0 spiro atoms. The molecule has 0 heterocycles. The molecule has 0 atom stereocenters. The molecule has 0 unspecified atom stereocenters. The third-order valence-corrected chi connectivity index (χ3v) is 10.8. The van der Waals surface area contributed by atoms with Crippen LogP contribution in [0.5, 0.6) is 0 Å². The zero-order chi connectivity index (χ0) is 41.7. The molecule has 306 valence electrons. The van der Waals surface area contributed by atoms with Crippen molar-refractivity contribution < 1.29 is 64.1 Å². The van der Waals surface area contributed by atoms with Crippen molar-refractivity contribution in [3.05, 3.63) is 68.8 Å². The number of hydrogen-bond acceptors (Lipinski definition) is 16. The lowest BCUT2D eigenvalue weighted by Gasteiger charge is -2.26. The molecule has 0 amide bonds. The lowest BCUT2D eigenvalue weighted by atomic mass is 10.2. The van der Waals surface area contributed by atoms with Crippen molar-refractivity contribution >= 4 is 54.2 Å². The fourth-order valence-corrected chi connectivity index (χ4v) is 7.82. The molecule has 2 aromatic carbocycles. The van der Waals surface area contributed by atoms with E-state index in [9.17, 15) is 55.8 Å². The summed E-state index contributed by atoms with van der Waals surface area (Å²) in [4.78, 5) is 43.4. The van der Waals surface area contributed by atoms with Gasteiger partial charge in [0.2, 0.25) is 20.0 Å². The average Bonchev–Trinajstić information content (AvgIpc) is 3.02. The lowest BCUT2D eigenvalue weighted by Crippen LogP contribution is -2.37. The number of carbonyl (C=O) groups is 2. The summed E-state index contributed by atoms with van der Waals surface area (Å²) >= 11 is 0. The zero-order valence-corrected chi connectivity index (χ0v) is 33.4. The Balaban J connectivity index is 0.000000546. The Morgan fingerprint density at radius 1 is 0.685 bits per heavy atom. The summed E-state index contributed by atoms with van der Waals surface area (Å²) in [5.41, 5.74) is -2.66. The van der Waals surface area contributed by atoms with Crippen molar-refractivity contribution in [3.63, 3.8) is 0 Å². The molecule has 0 aliphatic carbocycles. The summed E-state index contributed by atoms with van der Waals surface area (Å²) in [7, 11) is -12.0. The topological polar surface area (TPSA) is 284 Å². The first kappa shape index (κ1) is 48.2. The maximum atomic E-state index is 13.0. The SMILES string of the molecule is CC(C)(C)OC(=O)CCN(CCO)S(=O)(=O)c1ccccc1[N+](=O)[O-].CC(C)(C)OC(=O)CCN(CCOS(C)(O)O)S(=O)(=O)c1ccccc1[N+](=O)[O-]. The van der Waals surface area contributed by atoms with Gasteiger partial charge in [0.05, 0.1) is 46.8 Å². The van der Waals surface area contributed by atoms with Crippen LogP contribution in [-0.2, 0) is 43.3 Å². The maximum absolute atomic E-state index is 13.0. The largest absolute Gasteiger partial charge is 0.460 e. The van der Waals surface area contributed by atoms with Crippen LogP contribution in [-0.4, -0.2) is 118 Å². The van der Waals surface area contributed by atoms with Crippen LogP contribution in [0.2, 0.25) is 0 Å². The van der Waals surface area contributed by atoms with Crippen LogP contribution in [0.3, 0.4) is 0 Å². The molecule has 23 heteroatoms. The van der Waals surface area contributed by atoms with Crippen molar-refractivity contribution in [2.75, 3.05) is 45.6 Å². The molecule has 0 aromatic heterocycles. The van der Waals surface area contributed by atoms with Crippen LogP contribution in [0.15, 0.2) is 58.3 Å². The van der Waals surface area contributed by atoms with Gasteiger partial charge in [-0.1, -0.05) is 24.3 Å². The second-order valence-corrected chi connectivity index (χ2v) is 18.8. The molecule has 2 aromatic rings. The van der Waals surface area contributed by atoms with Gasteiger partial charge in [0.25, 0.3) is 11.4 Å². The predicted molar refractivity (Wildman–Crippen MR) is 196 cm³/mol. The summed E-state index contributed by atoms with van der Waals surface area (Å²) in [6.07, 6.45) is 0.477. The van der Waals surface area contributed by atoms with Crippen LogP contribution < -0.4 is 0 Å². The van der Waals surface area contributed by atoms with E-state index < -0.39 is 98.3 Å². The number of nitro benzene ring substituents is 2. The first-order valence-corrected chi connectivity index (χ1v) is 20.8. The third kappa shape index (κ3) is 16.7. The molecule has 0 aliphatic rings. The van der Waals surface area contributed by atoms with Gasteiger partial charge in [-0.25, -0.2) is 16.8 Å². The number of aliphatic hydroxyl groups is 1. The van der Waals surface area contributed by atoms with E-state index in [1.54, 1.807) is 41.5 Å². The van der Waals surface area contributed by atoms with Crippen molar-refractivity contribution in [1.82, 2.24) is 8.61 Å². The quantitative estimate of drug-likeness (QED) is 0.109. The summed E-state index contributed by atoms with van der Waals surface area (Å²) in [5, 5.41) is 31.4. The molecule has 2 rings (SSSR count). The molecule has 0 fully saturated rings. The van der Waals surface area contributed by atoms with E-state index in [4.69, 9.17) is 18.8 Å². The Labute approximate surface area is 316 Å². The van der Waals surface area contributed by atoms with Gasteiger partial charge in [0.1, 0.15) is 11.2 Å². The van der Waals surface area contributed by atoms with Crippen LogP contribution in [0, 0.1) is 20.2 Å². The standard InChI is InChI=1S/C16H26N2O9S2.C15H22N2O7S/c1-16(2,3)27-15(19)9-10-17(11-12-26-28(4,22)23)29(24,25)14-8-6-5-7-13(14)18(20)21;1-15(2,3)24-14(19)8-9-16(10-11-18)25(22,23)13-7-5-4-6-12(13)17(20)21/h5-8,22-23H,9-12H2,1-4H3;4-7,18H,8-11H2,1-3H3. The number of carbonyl (C=O) groups excluding carboxylic acids is 2. The Morgan fingerprint density at radius 3 is 1.35 bits per heavy atom. The summed E-state index contributed by atoms with van der Waals surface area (Å²) in [6, 6.07) is 9.73. The average molecular weight is 829 g/mol. The van der Waals surface area contributed by atoms with Gasteiger partial charge < -0.3 is 23.7 Å². The first-order valence-electron chi connectivity index (χ1n) is 16.0. The van der Waals surface area contributed by atoms with Gasteiger partial charge in [-0.2, -0.15) is 8.61 Å². The summed E-state index contributed by atoms with van der Waals surface area (Å²) in [5.74, 6) is -1.26. The van der Waals surface area contributed by atoms with Crippen LogP contribution in [0.4, 0.5) is 11.4 Å². The number of para-hydroxylation sites is 2. The summed E-state index contributed by atoms with van der Waals surface area (Å²) < 4.78 is 86.7. The van der Waals surface area contributed by atoms with E-state index in [0.717, 1.165) is 39.1 Å². The van der Waals surface area contributed by atoms with Gasteiger partial charge >= 0.3 is 11.9 Å². The summed E-state index contributed by atoms with van der Waals surface area (Å²) in [6.45, 7) is 7.88. The number of nitro groups is 2. The van der Waals surface area contributed by atoms with E-state index in [1.165, 1.54) is 24.3 Å². The van der Waals surface area contributed by atoms with Gasteiger partial charge in [-0.15, -0.1) is 0 Å². The molecule has 0 saturated carbocycles. The minimum Gasteiger partial charge on any atom is -0.460 e. The second-order valence-electron chi connectivity index (χ2n) is 13.2. The molecule has 54 heavy (non-hydrogen) atoms. The maximum Gasteiger partial charge on any atom is 0.307 e. The molecule has 0 radical (unpaired) electrons. The minimum atomic E-state index is -4.38. The van der Waals surface area contributed by atoms with Crippen molar-refractivity contribution in [2.45, 2.75) is 75.4 Å². The Hall–Kier alpha value is -3.81. The fourth-order valence-electron chi connectivity index (χ4n) is 4.26. The normalized spacial score (nSPS) is 12.8. The number of aliphatic hydroxyl groups excluding tert-OH is 1. The minimum absolute atomic E-state index is 0.239. The number of rotatable bonds is 18. The third-order valence-electron chi connectivity index (χ3n) is 6.33. The van der Waals surface area contributed by atoms with Crippen LogP contribution in [0.25, 0.3) is 0 Å². The number of ether oxygens (including phenoxy) is 2. The Bertz CT molecular complexity index is 1820. The molecule has 0 bridgehead atoms. The van der Waals surface area contributed by atoms with Crippen molar-refractivity contribution in [2.24, 2.45) is 0 Å². The molecule has 20 nitrogen and oxygen atoms in total. The molecular formula is C31H48N4O16S3. The Morgan fingerprint density at radius 2 is 1.04 bits per heavy atom. The monoisotopic (exact) mass is 828 g/mol. The highest BCUT2D eigenvalue weighted by molar-refractivity contribution is 8.19. The van der Waals surface area contributed by atoms with Crippen LogP contribution >= 0.6 is 10.9 Å². The fraction of sp³-hybridized carbons (Fsp3) is 0.548. The van der Waals surface area contributed by atoms with Crippen LogP contribution in [0.1, 0.15) is 54.4 Å². The zero-order valence-electron chi connectivity index (χ0n) is 30.9. The Kier molecular flexibility index (Phi) is 18.0. The van der Waals surface area contributed by atoms with Gasteiger partial charge in [-0.3, -0.25) is 34.0 Å². The molecule has 0 saturated heterocycles. The van der Waals surface area contributed by atoms with Gasteiger partial charge in [0.15, 0.2) is 9.79 Å². The highest BCUT2D eigenvalue weighted by atomic mass is 32.3. The number of hydrogen-bond donors (Lipinski definition) is 3. The smallest absolute Gasteiger partial charge is 0.307 e. The van der Waals surface area contributed by atoms with E-state index >= 15 is 0 Å². The number of nitrogens with zero attached hydrogens (tertiary/aromatic N) is 4. The highest BCUT2D eigenvalue weighted by Crippen LogP contribution is 2.34. The lowest BCUT2D eigenvalue weighted by molar-refractivity contribution is -0.388. The van der Waals surface area contributed by atoms with E-state index in [1.807, 2.05) is 0 Å². The number of esters is 2. The van der Waals surface area contributed by atoms with Gasteiger partial charge in [0, 0.05) is 44.6 Å². The van der Waals surface area contributed by atoms with Crippen molar-refractivity contribution in [1.29, 1.82) is 0 Å².